The van der Waals surface area contributed by atoms with E-state index in [1.807, 2.05) is 25.1 Å². The topological polar surface area (TPSA) is 44.2 Å². The van der Waals surface area contributed by atoms with Crippen molar-refractivity contribution in [3.8, 4) is 22.8 Å². The first kappa shape index (κ1) is 11.3. The Kier molecular flexibility index (Phi) is 2.80. The minimum atomic E-state index is 0.238. The van der Waals surface area contributed by atoms with E-state index in [9.17, 15) is 0 Å². The van der Waals surface area contributed by atoms with E-state index in [4.69, 9.17) is 21.1 Å². The molecule has 0 radical (unpaired) electrons. The highest BCUT2D eigenvalue weighted by molar-refractivity contribution is 6.28. The van der Waals surface area contributed by atoms with Gasteiger partial charge in [0.05, 0.1) is 5.69 Å². The van der Waals surface area contributed by atoms with Crippen LogP contribution in [0.25, 0.3) is 11.3 Å². The van der Waals surface area contributed by atoms with Gasteiger partial charge in [-0.3, -0.25) is 0 Å². The van der Waals surface area contributed by atoms with Gasteiger partial charge < -0.3 is 9.47 Å². The van der Waals surface area contributed by atoms with Gasteiger partial charge in [0.1, 0.15) is 13.2 Å². The second-order valence-corrected chi connectivity index (χ2v) is 4.36. The summed E-state index contributed by atoms with van der Waals surface area (Å²) in [5.41, 5.74) is 2.82. The summed E-state index contributed by atoms with van der Waals surface area (Å²) in [7, 11) is 0. The van der Waals surface area contributed by atoms with Gasteiger partial charge in [0, 0.05) is 11.8 Å². The summed E-state index contributed by atoms with van der Waals surface area (Å²) >= 11 is 5.81. The lowest BCUT2D eigenvalue weighted by molar-refractivity contribution is 0.171. The molecular weight excluding hydrogens is 252 g/mol. The second kappa shape index (κ2) is 4.46. The van der Waals surface area contributed by atoms with Crippen molar-refractivity contribution in [2.24, 2.45) is 0 Å². The number of rotatable bonds is 1. The van der Waals surface area contributed by atoms with Crippen LogP contribution in [0.3, 0.4) is 0 Å². The Morgan fingerprint density at radius 1 is 1.17 bits per heavy atom. The molecule has 92 valence electrons. The third-order valence-electron chi connectivity index (χ3n) is 2.79. The van der Waals surface area contributed by atoms with Crippen molar-refractivity contribution >= 4 is 11.6 Å². The normalized spacial score (nSPS) is 13.4. The van der Waals surface area contributed by atoms with Crippen molar-refractivity contribution in [3.63, 3.8) is 0 Å². The van der Waals surface area contributed by atoms with Gasteiger partial charge in [-0.15, -0.1) is 0 Å². The first-order valence-electron chi connectivity index (χ1n) is 5.63. The Morgan fingerprint density at radius 2 is 1.89 bits per heavy atom. The van der Waals surface area contributed by atoms with Crippen molar-refractivity contribution in [2.75, 3.05) is 13.2 Å². The van der Waals surface area contributed by atoms with Crippen LogP contribution in [-0.4, -0.2) is 23.2 Å². The van der Waals surface area contributed by atoms with Crippen LogP contribution in [-0.2, 0) is 0 Å². The zero-order valence-electron chi connectivity index (χ0n) is 9.81. The summed E-state index contributed by atoms with van der Waals surface area (Å²) in [5, 5.41) is 0.238. The number of aromatic nitrogens is 2. The van der Waals surface area contributed by atoms with Crippen LogP contribution in [0, 0.1) is 6.92 Å². The Labute approximate surface area is 110 Å². The van der Waals surface area contributed by atoms with Gasteiger partial charge in [0.15, 0.2) is 11.5 Å². The molecule has 4 nitrogen and oxygen atoms in total. The van der Waals surface area contributed by atoms with Crippen molar-refractivity contribution in [1.29, 1.82) is 0 Å². The Balaban J connectivity index is 2.12. The van der Waals surface area contributed by atoms with E-state index in [2.05, 4.69) is 9.97 Å². The molecule has 3 rings (SSSR count). The van der Waals surface area contributed by atoms with E-state index in [0.717, 1.165) is 28.3 Å². The van der Waals surface area contributed by atoms with E-state index < -0.39 is 0 Å². The van der Waals surface area contributed by atoms with Crippen LogP contribution >= 0.6 is 11.6 Å². The van der Waals surface area contributed by atoms with Crippen molar-refractivity contribution in [3.05, 3.63) is 35.2 Å². The van der Waals surface area contributed by atoms with Crippen LogP contribution in [0.5, 0.6) is 11.5 Å². The average molecular weight is 263 g/mol. The molecule has 0 N–H and O–H groups in total. The van der Waals surface area contributed by atoms with Gasteiger partial charge in [0.25, 0.3) is 0 Å². The molecule has 5 heteroatoms. The van der Waals surface area contributed by atoms with Gasteiger partial charge in [-0.2, -0.15) is 0 Å². The molecule has 0 amide bonds. The fourth-order valence-corrected chi connectivity index (χ4v) is 2.10. The quantitative estimate of drug-likeness (QED) is 0.742. The Hall–Kier alpha value is -1.81. The molecule has 2 heterocycles. The van der Waals surface area contributed by atoms with E-state index in [0.29, 0.717) is 13.2 Å². The number of nitrogens with zero attached hydrogens (tertiary/aromatic N) is 2. The Bertz CT molecular complexity index is 602. The number of benzene rings is 1. The number of halogens is 1. The number of hydrogen-bond acceptors (Lipinski definition) is 4. The maximum atomic E-state index is 5.81. The minimum Gasteiger partial charge on any atom is -0.486 e. The minimum absolute atomic E-state index is 0.238. The lowest BCUT2D eigenvalue weighted by Crippen LogP contribution is -2.15. The van der Waals surface area contributed by atoms with E-state index in [-0.39, 0.29) is 5.28 Å². The van der Waals surface area contributed by atoms with E-state index in [1.54, 1.807) is 6.20 Å². The maximum Gasteiger partial charge on any atom is 0.222 e. The second-order valence-electron chi connectivity index (χ2n) is 4.02. The predicted molar refractivity (Wildman–Crippen MR) is 68.2 cm³/mol. The third-order valence-corrected chi connectivity index (χ3v) is 2.97. The number of fused-ring (bicyclic) bond motifs is 1. The van der Waals surface area contributed by atoms with Crippen LogP contribution in [0.1, 0.15) is 5.56 Å². The highest BCUT2D eigenvalue weighted by Gasteiger charge is 2.15. The van der Waals surface area contributed by atoms with Crippen LogP contribution < -0.4 is 9.47 Å². The molecule has 0 unspecified atom stereocenters. The average Bonchev–Trinajstić information content (AvgIpc) is 2.38. The van der Waals surface area contributed by atoms with Gasteiger partial charge in [-0.25, -0.2) is 9.97 Å². The lowest BCUT2D eigenvalue weighted by Gasteiger charge is -2.20. The van der Waals surface area contributed by atoms with Crippen molar-refractivity contribution < 1.29 is 9.47 Å². The molecule has 1 aromatic heterocycles. The number of aryl methyl sites for hydroxylation is 1. The zero-order valence-corrected chi connectivity index (χ0v) is 10.6. The summed E-state index contributed by atoms with van der Waals surface area (Å²) < 4.78 is 11.1. The summed E-state index contributed by atoms with van der Waals surface area (Å²) in [6, 6.07) is 5.71. The molecule has 1 aromatic carbocycles. The molecule has 1 aliphatic rings. The molecule has 0 fully saturated rings. The molecule has 0 atom stereocenters. The largest absolute Gasteiger partial charge is 0.486 e. The molecule has 0 saturated carbocycles. The standard InChI is InChI=1S/C13H11ClN2O2/c1-8-6-11-12(18-5-4-17-11)7-9(8)10-2-3-15-13(14)16-10/h2-3,6-7H,4-5H2,1H3. The van der Waals surface area contributed by atoms with Crippen molar-refractivity contribution in [1.82, 2.24) is 9.97 Å². The van der Waals surface area contributed by atoms with Gasteiger partial charge in [0.2, 0.25) is 5.28 Å². The molecule has 0 spiro atoms. The number of hydrogen-bond donors (Lipinski definition) is 0. The summed E-state index contributed by atoms with van der Waals surface area (Å²) in [6.07, 6.45) is 1.64. The first-order chi connectivity index (χ1) is 8.74. The van der Waals surface area contributed by atoms with Crippen LogP contribution in [0.2, 0.25) is 5.28 Å². The zero-order chi connectivity index (χ0) is 12.5. The number of ether oxygens (including phenoxy) is 2. The maximum absolute atomic E-state index is 5.81. The first-order valence-corrected chi connectivity index (χ1v) is 6.01. The molecular formula is C13H11ClN2O2. The van der Waals surface area contributed by atoms with E-state index >= 15 is 0 Å². The highest BCUT2D eigenvalue weighted by atomic mass is 35.5. The molecule has 1 aliphatic heterocycles. The monoisotopic (exact) mass is 262 g/mol. The van der Waals surface area contributed by atoms with Crippen molar-refractivity contribution in [2.45, 2.75) is 6.92 Å². The molecule has 2 aromatic rings. The summed E-state index contributed by atoms with van der Waals surface area (Å²) in [4.78, 5) is 8.09. The molecule has 0 aliphatic carbocycles. The van der Waals surface area contributed by atoms with Gasteiger partial charge in [-0.1, -0.05) is 0 Å². The summed E-state index contributed by atoms with van der Waals surface area (Å²) in [6.45, 7) is 3.16. The molecule has 0 saturated heterocycles. The lowest BCUT2D eigenvalue weighted by atomic mass is 10.0. The third kappa shape index (κ3) is 1.99. The van der Waals surface area contributed by atoms with Crippen LogP contribution in [0.4, 0.5) is 0 Å². The van der Waals surface area contributed by atoms with Crippen LogP contribution in [0.15, 0.2) is 24.4 Å². The molecule has 18 heavy (non-hydrogen) atoms. The van der Waals surface area contributed by atoms with Gasteiger partial charge >= 0.3 is 0 Å². The SMILES string of the molecule is Cc1cc2c(cc1-c1ccnc(Cl)n1)OCCO2. The highest BCUT2D eigenvalue weighted by Crippen LogP contribution is 2.36. The van der Waals surface area contributed by atoms with Gasteiger partial charge in [-0.05, 0) is 42.3 Å². The fraction of sp³-hybridized carbons (Fsp3) is 0.231. The summed E-state index contributed by atoms with van der Waals surface area (Å²) in [5.74, 6) is 1.53. The molecule has 0 bridgehead atoms. The predicted octanol–water partition coefficient (Wildman–Crippen LogP) is 2.88. The fourth-order valence-electron chi connectivity index (χ4n) is 1.95. The smallest absolute Gasteiger partial charge is 0.222 e. The Morgan fingerprint density at radius 3 is 2.61 bits per heavy atom. The van der Waals surface area contributed by atoms with E-state index in [1.165, 1.54) is 0 Å².